The fraction of sp³-hybridized carbons (Fsp3) is 0.250. The maximum absolute atomic E-state index is 13.2. The third-order valence-electron chi connectivity index (χ3n) is 3.03. The van der Waals surface area contributed by atoms with Gasteiger partial charge in [0.1, 0.15) is 10.8 Å². The molecule has 8 heteroatoms. The summed E-state index contributed by atoms with van der Waals surface area (Å²) in [4.78, 5) is 14.0. The molecule has 1 aliphatic rings. The number of nitrogens with zero attached hydrogens (tertiary/aromatic N) is 3. The molecule has 3 rings (SSSR count). The number of thioether (sulfide) groups is 1. The normalized spacial score (nSPS) is 18.8. The van der Waals surface area contributed by atoms with Crippen molar-refractivity contribution in [1.82, 2.24) is 15.4 Å². The van der Waals surface area contributed by atoms with Crippen molar-refractivity contribution < 1.29 is 9.18 Å². The van der Waals surface area contributed by atoms with Crippen LogP contribution in [-0.2, 0) is 4.79 Å². The van der Waals surface area contributed by atoms with E-state index in [1.165, 1.54) is 23.9 Å². The van der Waals surface area contributed by atoms with Crippen molar-refractivity contribution >= 4 is 35.0 Å². The van der Waals surface area contributed by atoms with Crippen LogP contribution in [0, 0.1) is 5.82 Å². The highest BCUT2D eigenvalue weighted by atomic mass is 35.5. The molecule has 0 radical (unpaired) electrons. The minimum absolute atomic E-state index is 0.0166. The highest BCUT2D eigenvalue weighted by Crippen LogP contribution is 2.33. The van der Waals surface area contributed by atoms with E-state index >= 15 is 0 Å². The summed E-state index contributed by atoms with van der Waals surface area (Å²) in [5.74, 6) is -0.517. The van der Waals surface area contributed by atoms with Gasteiger partial charge in [-0.1, -0.05) is 23.4 Å². The van der Waals surface area contributed by atoms with Crippen LogP contribution in [0.2, 0.25) is 5.02 Å². The van der Waals surface area contributed by atoms with Crippen molar-refractivity contribution in [2.24, 2.45) is 0 Å². The first-order valence-corrected chi connectivity index (χ1v) is 7.20. The Morgan fingerprint density at radius 1 is 1.50 bits per heavy atom. The van der Waals surface area contributed by atoms with Crippen molar-refractivity contribution in [3.63, 3.8) is 0 Å². The van der Waals surface area contributed by atoms with E-state index in [2.05, 4.69) is 15.4 Å². The van der Waals surface area contributed by atoms with Crippen LogP contribution < -0.4 is 4.90 Å². The van der Waals surface area contributed by atoms with Crippen LogP contribution >= 0.6 is 23.4 Å². The zero-order valence-corrected chi connectivity index (χ0v) is 11.8. The van der Waals surface area contributed by atoms with Gasteiger partial charge in [-0.05, 0) is 24.6 Å². The molecular weight excluding hydrogens is 303 g/mol. The lowest BCUT2D eigenvalue weighted by Crippen LogP contribution is -2.28. The zero-order valence-electron chi connectivity index (χ0n) is 10.2. The molecule has 1 atom stereocenters. The fourth-order valence-corrected chi connectivity index (χ4v) is 3.19. The van der Waals surface area contributed by atoms with Gasteiger partial charge in [0.05, 0.1) is 16.5 Å². The Bertz CT molecular complexity index is 636. The molecule has 0 saturated carbocycles. The summed E-state index contributed by atoms with van der Waals surface area (Å²) in [6.07, 6.45) is 2.28. The number of H-pyrrole nitrogens is 1. The first-order valence-electron chi connectivity index (χ1n) is 5.94. The molecule has 0 bridgehead atoms. The lowest BCUT2D eigenvalue weighted by Gasteiger charge is -2.16. The maximum atomic E-state index is 13.2. The Balaban J connectivity index is 1.76. The van der Waals surface area contributed by atoms with Gasteiger partial charge in [0, 0.05) is 12.2 Å². The van der Waals surface area contributed by atoms with Crippen molar-refractivity contribution in [1.29, 1.82) is 0 Å². The lowest BCUT2D eigenvalue weighted by atomic mass is 10.3. The summed E-state index contributed by atoms with van der Waals surface area (Å²) in [6, 6.07) is 4.29. The number of aromatic nitrogens is 3. The van der Waals surface area contributed by atoms with Crippen molar-refractivity contribution in [3.8, 4) is 0 Å². The number of carbonyl (C=O) groups is 1. The van der Waals surface area contributed by atoms with E-state index in [0.717, 1.165) is 0 Å². The van der Waals surface area contributed by atoms with Gasteiger partial charge in [-0.2, -0.15) is 10.3 Å². The van der Waals surface area contributed by atoms with E-state index < -0.39 is 5.82 Å². The van der Waals surface area contributed by atoms with Crippen LogP contribution in [0.5, 0.6) is 0 Å². The Hall–Kier alpha value is -1.60. The van der Waals surface area contributed by atoms with Gasteiger partial charge < -0.3 is 4.90 Å². The highest BCUT2D eigenvalue weighted by Gasteiger charge is 2.34. The van der Waals surface area contributed by atoms with Gasteiger partial charge >= 0.3 is 0 Å². The van der Waals surface area contributed by atoms with Crippen LogP contribution in [-0.4, -0.2) is 33.1 Å². The van der Waals surface area contributed by atoms with E-state index in [-0.39, 0.29) is 16.2 Å². The quantitative estimate of drug-likeness (QED) is 0.946. The molecule has 0 spiro atoms. The number of amides is 1. The Morgan fingerprint density at radius 3 is 3.05 bits per heavy atom. The molecule has 0 aliphatic carbocycles. The summed E-state index contributed by atoms with van der Waals surface area (Å²) < 4.78 is 13.2. The van der Waals surface area contributed by atoms with Gasteiger partial charge in [-0.3, -0.25) is 4.79 Å². The van der Waals surface area contributed by atoms with Gasteiger partial charge in [0.2, 0.25) is 5.91 Å². The van der Waals surface area contributed by atoms with E-state index in [0.29, 0.717) is 23.7 Å². The minimum atomic E-state index is -0.490. The molecule has 104 valence electrons. The van der Waals surface area contributed by atoms with Gasteiger partial charge in [-0.25, -0.2) is 4.39 Å². The predicted molar refractivity (Wildman–Crippen MR) is 74.4 cm³/mol. The first kappa shape index (κ1) is 13.4. The van der Waals surface area contributed by atoms with E-state index in [9.17, 15) is 9.18 Å². The second-order valence-corrected chi connectivity index (χ2v) is 5.92. The number of hydrogen-bond acceptors (Lipinski definition) is 4. The van der Waals surface area contributed by atoms with Crippen LogP contribution in [0.3, 0.4) is 0 Å². The summed E-state index contributed by atoms with van der Waals surface area (Å²) >= 11 is 7.12. The smallest absolute Gasteiger partial charge is 0.240 e. The number of hydrogen-bond donors (Lipinski definition) is 1. The SMILES string of the molecule is O=C1C(Sc2cn[nH]n2)CCN1c1ccc(F)c(Cl)c1. The molecule has 1 aromatic heterocycles. The van der Waals surface area contributed by atoms with E-state index in [4.69, 9.17) is 11.6 Å². The van der Waals surface area contributed by atoms with Crippen molar-refractivity contribution in [2.75, 3.05) is 11.4 Å². The third-order valence-corrected chi connectivity index (χ3v) is 4.48. The molecule has 20 heavy (non-hydrogen) atoms. The number of nitrogens with one attached hydrogen (secondary N) is 1. The Kier molecular flexibility index (Phi) is 3.62. The van der Waals surface area contributed by atoms with Crippen molar-refractivity contribution in [2.45, 2.75) is 16.7 Å². The number of halogens is 2. The van der Waals surface area contributed by atoms with Crippen LogP contribution in [0.25, 0.3) is 0 Å². The molecule has 2 heterocycles. The van der Waals surface area contributed by atoms with Crippen LogP contribution in [0.4, 0.5) is 10.1 Å². The third kappa shape index (κ3) is 2.51. The number of rotatable bonds is 3. The number of anilines is 1. The predicted octanol–water partition coefficient (Wildman–Crippen LogP) is 2.49. The number of benzene rings is 1. The Labute approximate surface area is 123 Å². The lowest BCUT2D eigenvalue weighted by molar-refractivity contribution is -0.116. The monoisotopic (exact) mass is 312 g/mol. The number of aromatic amines is 1. The molecule has 1 unspecified atom stereocenters. The van der Waals surface area contributed by atoms with Crippen molar-refractivity contribution in [3.05, 3.63) is 35.2 Å². The molecule has 2 aromatic rings. The topological polar surface area (TPSA) is 61.9 Å². The molecule has 5 nitrogen and oxygen atoms in total. The molecule has 1 N–H and O–H groups in total. The second-order valence-electron chi connectivity index (χ2n) is 4.29. The zero-order chi connectivity index (χ0) is 14.1. The van der Waals surface area contributed by atoms with Gasteiger partial charge in [0.25, 0.3) is 0 Å². The van der Waals surface area contributed by atoms with E-state index in [1.807, 2.05) is 0 Å². The molecule has 1 fully saturated rings. The molecular formula is C12H10ClFN4OS. The van der Waals surface area contributed by atoms with Crippen LogP contribution in [0.15, 0.2) is 29.4 Å². The fourth-order valence-electron chi connectivity index (χ4n) is 2.07. The first-order chi connectivity index (χ1) is 9.65. The molecule has 1 aromatic carbocycles. The van der Waals surface area contributed by atoms with E-state index in [1.54, 1.807) is 17.2 Å². The summed E-state index contributed by atoms with van der Waals surface area (Å²) in [5.41, 5.74) is 0.615. The standard InChI is InChI=1S/C12H10ClFN4OS/c13-8-5-7(1-2-9(8)14)18-4-3-10(12(18)19)20-11-6-15-17-16-11/h1-2,5-6,10H,3-4H2,(H,15,16,17). The maximum Gasteiger partial charge on any atom is 0.240 e. The summed E-state index contributed by atoms with van der Waals surface area (Å²) in [7, 11) is 0. The van der Waals surface area contributed by atoms with Gasteiger partial charge in [0.15, 0.2) is 0 Å². The molecule has 1 amide bonds. The summed E-state index contributed by atoms with van der Waals surface area (Å²) in [5, 5.41) is 10.6. The van der Waals surface area contributed by atoms with Gasteiger partial charge in [-0.15, -0.1) is 5.10 Å². The minimum Gasteiger partial charge on any atom is -0.311 e. The Morgan fingerprint density at radius 2 is 2.35 bits per heavy atom. The molecule has 1 saturated heterocycles. The average Bonchev–Trinajstić information content (AvgIpc) is 3.05. The summed E-state index contributed by atoms with van der Waals surface area (Å²) in [6.45, 7) is 0.580. The highest BCUT2D eigenvalue weighted by molar-refractivity contribution is 8.00. The largest absolute Gasteiger partial charge is 0.311 e. The average molecular weight is 313 g/mol. The van der Waals surface area contributed by atoms with Crippen LogP contribution in [0.1, 0.15) is 6.42 Å². The second kappa shape index (κ2) is 5.41. The number of carbonyl (C=O) groups excluding carboxylic acids is 1. The molecule has 1 aliphatic heterocycles.